The first-order valence-corrected chi connectivity index (χ1v) is 10.6. The van der Waals surface area contributed by atoms with E-state index in [4.69, 9.17) is 16.3 Å². The average molecular weight is 395 g/mol. The van der Waals surface area contributed by atoms with Crippen molar-refractivity contribution in [2.24, 2.45) is 23.2 Å². The molecule has 2 heterocycles. The number of hydrogen-bond acceptors (Lipinski definition) is 4. The van der Waals surface area contributed by atoms with E-state index >= 15 is 0 Å². The Morgan fingerprint density at radius 3 is 2.32 bits per heavy atom. The van der Waals surface area contributed by atoms with E-state index in [-0.39, 0.29) is 0 Å². The molecule has 0 radical (unpaired) electrons. The number of aromatic nitrogens is 4. The number of rotatable bonds is 4. The summed E-state index contributed by atoms with van der Waals surface area (Å²) in [6.45, 7) is 0.773. The average Bonchev–Trinajstić information content (AvgIpc) is 3.11. The van der Waals surface area contributed by atoms with E-state index in [9.17, 15) is 0 Å². The highest BCUT2D eigenvalue weighted by Crippen LogP contribution is 2.60. The van der Waals surface area contributed by atoms with Crippen molar-refractivity contribution in [1.82, 2.24) is 19.6 Å². The van der Waals surface area contributed by atoms with Gasteiger partial charge in [0.15, 0.2) is 11.5 Å². The molecule has 7 rings (SSSR count). The molecular weight excluding hydrogens is 372 g/mol. The molecule has 0 atom stereocenters. The minimum atomic E-state index is 0.353. The molecule has 0 unspecified atom stereocenters. The molecule has 2 aromatic heterocycles. The van der Waals surface area contributed by atoms with Crippen molar-refractivity contribution in [1.29, 1.82) is 0 Å². The zero-order chi connectivity index (χ0) is 18.7. The molecule has 4 bridgehead atoms. The fourth-order valence-corrected chi connectivity index (χ4v) is 6.53. The summed E-state index contributed by atoms with van der Waals surface area (Å²) >= 11 is 6.04. The second kappa shape index (κ2) is 6.18. The first-order valence-electron chi connectivity index (χ1n) is 10.3. The van der Waals surface area contributed by atoms with Gasteiger partial charge in [-0.15, -0.1) is 10.2 Å². The smallest absolute Gasteiger partial charge is 0.220 e. The number of halogens is 1. The predicted molar refractivity (Wildman–Crippen MR) is 107 cm³/mol. The van der Waals surface area contributed by atoms with Gasteiger partial charge in [0, 0.05) is 16.0 Å². The third kappa shape index (κ3) is 2.71. The Morgan fingerprint density at radius 2 is 1.64 bits per heavy atom. The minimum absolute atomic E-state index is 0.353. The molecule has 144 valence electrons. The summed E-state index contributed by atoms with van der Waals surface area (Å²) in [5.41, 5.74) is 2.02. The summed E-state index contributed by atoms with van der Waals surface area (Å²) in [5.74, 6) is 4.24. The lowest BCUT2D eigenvalue weighted by Crippen LogP contribution is -2.48. The molecule has 1 aromatic carbocycles. The van der Waals surface area contributed by atoms with Gasteiger partial charge < -0.3 is 4.74 Å². The van der Waals surface area contributed by atoms with Crippen molar-refractivity contribution < 1.29 is 4.74 Å². The van der Waals surface area contributed by atoms with Crippen LogP contribution in [0.3, 0.4) is 0 Å². The number of nitrogens with zero attached hydrogens (tertiary/aromatic N) is 4. The Hall–Kier alpha value is -2.14. The summed E-state index contributed by atoms with van der Waals surface area (Å²) in [6.07, 6.45) is 11.8. The van der Waals surface area contributed by atoms with Crippen LogP contribution in [0.15, 0.2) is 36.7 Å². The molecule has 4 fully saturated rings. The third-order valence-corrected chi connectivity index (χ3v) is 7.33. The largest absolute Gasteiger partial charge is 0.477 e. The topological polar surface area (TPSA) is 52.3 Å². The lowest BCUT2D eigenvalue weighted by molar-refractivity contribution is -0.0753. The van der Waals surface area contributed by atoms with Gasteiger partial charge in [0.05, 0.1) is 19.0 Å². The first-order chi connectivity index (χ1) is 13.7. The van der Waals surface area contributed by atoms with Crippen LogP contribution in [0.1, 0.15) is 38.5 Å². The summed E-state index contributed by atoms with van der Waals surface area (Å²) in [4.78, 5) is 4.33. The van der Waals surface area contributed by atoms with Crippen LogP contribution in [0.4, 0.5) is 0 Å². The van der Waals surface area contributed by atoms with Gasteiger partial charge in [-0.3, -0.25) is 4.98 Å². The fraction of sp³-hybridized carbons (Fsp3) is 0.500. The molecule has 4 aliphatic carbocycles. The molecule has 0 amide bonds. The van der Waals surface area contributed by atoms with Crippen molar-refractivity contribution in [3.63, 3.8) is 0 Å². The lowest BCUT2D eigenvalue weighted by atomic mass is 9.50. The summed E-state index contributed by atoms with van der Waals surface area (Å²) < 4.78 is 8.41. The van der Waals surface area contributed by atoms with Crippen LogP contribution >= 0.6 is 11.6 Å². The molecule has 28 heavy (non-hydrogen) atoms. The minimum Gasteiger partial charge on any atom is -0.477 e. The highest BCUT2D eigenvalue weighted by molar-refractivity contribution is 6.30. The molecule has 6 heteroatoms. The standard InChI is InChI=1S/C22H23ClN4O/c23-18-3-1-17(2-4-18)21-26-25-19-11-24-12-20(27(19)21)28-13-22-8-14-5-15(9-22)7-16(6-14)10-22/h1-4,11-12,14-16H,5-10,13H2. The molecule has 4 saturated carbocycles. The Balaban J connectivity index is 1.33. The van der Waals surface area contributed by atoms with Crippen molar-refractivity contribution in [3.8, 4) is 17.3 Å². The van der Waals surface area contributed by atoms with Gasteiger partial charge in [-0.1, -0.05) is 11.6 Å². The molecular formula is C22H23ClN4O. The maximum absolute atomic E-state index is 6.44. The number of fused-ring (bicyclic) bond motifs is 1. The summed E-state index contributed by atoms with van der Waals surface area (Å²) in [5, 5.41) is 9.38. The molecule has 5 nitrogen and oxygen atoms in total. The second-order valence-electron chi connectivity index (χ2n) is 9.18. The maximum Gasteiger partial charge on any atom is 0.220 e. The highest BCUT2D eigenvalue weighted by Gasteiger charge is 2.51. The van der Waals surface area contributed by atoms with Crippen molar-refractivity contribution >= 4 is 17.2 Å². The van der Waals surface area contributed by atoms with Crippen molar-refractivity contribution in [2.75, 3.05) is 6.61 Å². The van der Waals surface area contributed by atoms with Crippen LogP contribution in [0.2, 0.25) is 5.02 Å². The Morgan fingerprint density at radius 1 is 0.964 bits per heavy atom. The SMILES string of the molecule is Clc1ccc(-c2nnc3cncc(OCC45CC6CC(CC(C6)C4)C5)n23)cc1. The van der Waals surface area contributed by atoms with Gasteiger partial charge in [-0.05, 0) is 80.5 Å². The van der Waals surface area contributed by atoms with Gasteiger partial charge in [0.1, 0.15) is 0 Å². The molecule has 0 N–H and O–H groups in total. The van der Waals surface area contributed by atoms with Crippen LogP contribution < -0.4 is 4.74 Å². The van der Waals surface area contributed by atoms with Crippen LogP contribution in [-0.4, -0.2) is 26.2 Å². The van der Waals surface area contributed by atoms with E-state index < -0.39 is 0 Å². The van der Waals surface area contributed by atoms with Crippen LogP contribution in [0.5, 0.6) is 5.88 Å². The zero-order valence-corrected chi connectivity index (χ0v) is 16.5. The summed E-state index contributed by atoms with van der Waals surface area (Å²) in [7, 11) is 0. The number of benzene rings is 1. The molecule has 4 aliphatic rings. The maximum atomic E-state index is 6.44. The normalized spacial score (nSPS) is 30.8. The van der Waals surface area contributed by atoms with E-state index in [2.05, 4.69) is 15.2 Å². The van der Waals surface area contributed by atoms with E-state index in [0.29, 0.717) is 16.1 Å². The quantitative estimate of drug-likeness (QED) is 0.622. The van der Waals surface area contributed by atoms with Gasteiger partial charge in [0.2, 0.25) is 5.88 Å². The van der Waals surface area contributed by atoms with E-state index in [0.717, 1.165) is 41.6 Å². The van der Waals surface area contributed by atoms with Gasteiger partial charge in [0.25, 0.3) is 0 Å². The van der Waals surface area contributed by atoms with E-state index in [1.807, 2.05) is 28.7 Å². The zero-order valence-electron chi connectivity index (χ0n) is 15.7. The number of ether oxygens (including phenoxy) is 1. The third-order valence-electron chi connectivity index (χ3n) is 7.08. The monoisotopic (exact) mass is 394 g/mol. The Bertz CT molecular complexity index is 993. The van der Waals surface area contributed by atoms with E-state index in [1.165, 1.54) is 38.5 Å². The first kappa shape index (κ1) is 16.8. The molecule has 0 saturated heterocycles. The Labute approximate surface area is 169 Å². The van der Waals surface area contributed by atoms with Crippen LogP contribution in [-0.2, 0) is 0 Å². The highest BCUT2D eigenvalue weighted by atomic mass is 35.5. The number of hydrogen-bond donors (Lipinski definition) is 0. The lowest BCUT2D eigenvalue weighted by Gasteiger charge is -2.56. The second-order valence-corrected chi connectivity index (χ2v) is 9.61. The molecule has 3 aromatic rings. The predicted octanol–water partition coefficient (Wildman–Crippen LogP) is 5.04. The van der Waals surface area contributed by atoms with Gasteiger partial charge in [-0.25, -0.2) is 4.40 Å². The molecule has 0 spiro atoms. The van der Waals surface area contributed by atoms with Crippen molar-refractivity contribution in [2.45, 2.75) is 38.5 Å². The fourth-order valence-electron chi connectivity index (χ4n) is 6.40. The Kier molecular flexibility index (Phi) is 3.70. The molecule has 0 aliphatic heterocycles. The van der Waals surface area contributed by atoms with E-state index in [1.54, 1.807) is 12.4 Å². The van der Waals surface area contributed by atoms with Gasteiger partial charge >= 0.3 is 0 Å². The van der Waals surface area contributed by atoms with Gasteiger partial charge in [-0.2, -0.15) is 0 Å². The van der Waals surface area contributed by atoms with Crippen LogP contribution in [0.25, 0.3) is 17.0 Å². The van der Waals surface area contributed by atoms with Crippen LogP contribution in [0, 0.1) is 23.2 Å². The van der Waals surface area contributed by atoms with Crippen molar-refractivity contribution in [3.05, 3.63) is 41.7 Å². The summed E-state index contributed by atoms with van der Waals surface area (Å²) in [6, 6.07) is 7.66.